The van der Waals surface area contributed by atoms with Crippen LogP contribution in [0.2, 0.25) is 5.02 Å². The first kappa shape index (κ1) is 17.0. The molecule has 0 bridgehead atoms. The lowest BCUT2D eigenvalue weighted by atomic mass is 10.2. The van der Waals surface area contributed by atoms with E-state index in [4.69, 9.17) is 28.6 Å². The van der Waals surface area contributed by atoms with Crippen molar-refractivity contribution < 1.29 is 14.3 Å². The average Bonchev–Trinajstić information content (AvgIpc) is 2.68. The Morgan fingerprint density at radius 3 is 2.64 bits per heavy atom. The van der Waals surface area contributed by atoms with Crippen LogP contribution in [0.25, 0.3) is 6.08 Å². The van der Waals surface area contributed by atoms with E-state index in [1.807, 2.05) is 12.1 Å². The number of ether oxygens (including phenoxy) is 1. The number of benzene rings is 1. The summed E-state index contributed by atoms with van der Waals surface area (Å²) in [6, 6.07) is 7.10. The van der Waals surface area contributed by atoms with Crippen LogP contribution in [-0.2, 0) is 14.3 Å². The first-order valence-corrected chi connectivity index (χ1v) is 8.17. The predicted octanol–water partition coefficient (Wildman–Crippen LogP) is 3.49. The van der Waals surface area contributed by atoms with E-state index in [9.17, 15) is 9.59 Å². The van der Waals surface area contributed by atoms with Crippen LogP contribution in [0.15, 0.2) is 29.2 Å². The molecule has 0 unspecified atom stereocenters. The molecule has 7 heteroatoms. The minimum absolute atomic E-state index is 0.166. The molecule has 0 aromatic heterocycles. The fourth-order valence-electron chi connectivity index (χ4n) is 1.78. The van der Waals surface area contributed by atoms with Gasteiger partial charge in [-0.3, -0.25) is 14.5 Å². The number of amides is 1. The van der Waals surface area contributed by atoms with Crippen LogP contribution in [0.4, 0.5) is 0 Å². The molecule has 2 rings (SSSR count). The molecule has 0 spiro atoms. The molecule has 1 amide bonds. The Balaban J connectivity index is 2.11. The minimum atomic E-state index is -0.473. The van der Waals surface area contributed by atoms with Gasteiger partial charge in [0.05, 0.1) is 11.0 Å². The highest BCUT2D eigenvalue weighted by molar-refractivity contribution is 8.26. The Morgan fingerprint density at radius 1 is 1.41 bits per heavy atom. The lowest BCUT2D eigenvalue weighted by Gasteiger charge is -2.14. The van der Waals surface area contributed by atoms with Crippen molar-refractivity contribution in [2.24, 2.45) is 0 Å². The molecule has 4 nitrogen and oxygen atoms in total. The average molecular weight is 356 g/mol. The number of carbonyl (C=O) groups is 2. The third kappa shape index (κ3) is 4.32. The second-order valence-corrected chi connectivity index (χ2v) is 6.97. The van der Waals surface area contributed by atoms with Gasteiger partial charge in [0.1, 0.15) is 10.9 Å². The third-order valence-corrected chi connectivity index (χ3v) is 4.33. The summed E-state index contributed by atoms with van der Waals surface area (Å²) in [5.74, 6) is -0.760. The maximum absolute atomic E-state index is 12.3. The summed E-state index contributed by atoms with van der Waals surface area (Å²) < 4.78 is 5.39. The van der Waals surface area contributed by atoms with Gasteiger partial charge in [0.15, 0.2) is 0 Å². The number of thioether (sulfide) groups is 1. The van der Waals surface area contributed by atoms with E-state index in [0.717, 1.165) is 5.56 Å². The van der Waals surface area contributed by atoms with Crippen molar-refractivity contribution in [3.8, 4) is 0 Å². The van der Waals surface area contributed by atoms with Crippen LogP contribution in [-0.4, -0.2) is 33.7 Å². The zero-order valence-electron chi connectivity index (χ0n) is 12.0. The number of hydrogen-bond donors (Lipinski definition) is 0. The number of hydrogen-bond acceptors (Lipinski definition) is 5. The molecule has 1 aliphatic heterocycles. The van der Waals surface area contributed by atoms with Gasteiger partial charge in [0, 0.05) is 5.02 Å². The van der Waals surface area contributed by atoms with E-state index in [0.29, 0.717) is 14.2 Å². The monoisotopic (exact) mass is 355 g/mol. The molecule has 22 heavy (non-hydrogen) atoms. The van der Waals surface area contributed by atoms with E-state index in [1.54, 1.807) is 32.1 Å². The van der Waals surface area contributed by atoms with Gasteiger partial charge in [-0.25, -0.2) is 0 Å². The molecule has 0 atom stereocenters. The quantitative estimate of drug-likeness (QED) is 0.470. The van der Waals surface area contributed by atoms with Gasteiger partial charge in [0.2, 0.25) is 0 Å². The van der Waals surface area contributed by atoms with Crippen molar-refractivity contribution >= 4 is 57.9 Å². The SMILES string of the molecule is CC(C)OC(=O)CN1C(=O)/C(=C/c2ccc(Cl)cc2)SC1=S. The Hall–Kier alpha value is -1.37. The minimum Gasteiger partial charge on any atom is -0.462 e. The van der Waals surface area contributed by atoms with Crippen LogP contribution >= 0.6 is 35.6 Å². The van der Waals surface area contributed by atoms with Crippen LogP contribution in [0.1, 0.15) is 19.4 Å². The number of thiocarbonyl (C=S) groups is 1. The highest BCUT2D eigenvalue weighted by Crippen LogP contribution is 2.32. The van der Waals surface area contributed by atoms with Gasteiger partial charge in [-0.2, -0.15) is 0 Å². The second kappa shape index (κ2) is 7.26. The van der Waals surface area contributed by atoms with Crippen molar-refractivity contribution in [3.63, 3.8) is 0 Å². The van der Waals surface area contributed by atoms with Gasteiger partial charge in [-0.05, 0) is 37.6 Å². The van der Waals surface area contributed by atoms with E-state index in [-0.39, 0.29) is 18.6 Å². The molecule has 0 radical (unpaired) electrons. The second-order valence-electron chi connectivity index (χ2n) is 4.86. The van der Waals surface area contributed by atoms with Crippen LogP contribution in [0.3, 0.4) is 0 Å². The van der Waals surface area contributed by atoms with E-state index < -0.39 is 5.97 Å². The molecular weight excluding hydrogens is 342 g/mol. The molecular formula is C15H14ClNO3S2. The Kier molecular flexibility index (Phi) is 5.61. The normalized spacial score (nSPS) is 16.7. The lowest BCUT2D eigenvalue weighted by molar-refractivity contribution is -0.149. The smallest absolute Gasteiger partial charge is 0.326 e. The van der Waals surface area contributed by atoms with Crippen LogP contribution in [0, 0.1) is 0 Å². The fourth-order valence-corrected chi connectivity index (χ4v) is 3.16. The molecule has 1 heterocycles. The van der Waals surface area contributed by atoms with Crippen molar-refractivity contribution in [1.82, 2.24) is 4.90 Å². The van der Waals surface area contributed by atoms with E-state index in [1.165, 1.54) is 16.7 Å². The molecule has 0 saturated carbocycles. The molecule has 1 fully saturated rings. The molecule has 1 aliphatic rings. The van der Waals surface area contributed by atoms with Crippen molar-refractivity contribution in [3.05, 3.63) is 39.8 Å². The molecule has 1 aromatic carbocycles. The first-order valence-electron chi connectivity index (χ1n) is 6.57. The number of esters is 1. The summed E-state index contributed by atoms with van der Waals surface area (Å²) in [4.78, 5) is 25.7. The zero-order chi connectivity index (χ0) is 16.3. The Labute approximate surface area is 143 Å². The molecule has 116 valence electrons. The Bertz CT molecular complexity index is 641. The maximum Gasteiger partial charge on any atom is 0.326 e. The number of carbonyl (C=O) groups excluding carboxylic acids is 2. The van der Waals surface area contributed by atoms with Gasteiger partial charge in [-0.15, -0.1) is 0 Å². The highest BCUT2D eigenvalue weighted by Gasteiger charge is 2.33. The Morgan fingerprint density at radius 2 is 2.05 bits per heavy atom. The first-order chi connectivity index (χ1) is 10.4. The maximum atomic E-state index is 12.3. The number of nitrogens with zero attached hydrogens (tertiary/aromatic N) is 1. The summed E-state index contributed by atoms with van der Waals surface area (Å²) in [5, 5.41) is 0.626. The summed E-state index contributed by atoms with van der Waals surface area (Å²) in [5.41, 5.74) is 0.842. The van der Waals surface area contributed by atoms with Crippen LogP contribution in [0.5, 0.6) is 0 Å². The van der Waals surface area contributed by atoms with E-state index in [2.05, 4.69) is 0 Å². The standard InChI is InChI=1S/C15H14ClNO3S2/c1-9(2)20-13(18)8-17-14(19)12(22-15(17)21)7-10-3-5-11(16)6-4-10/h3-7,9H,8H2,1-2H3/b12-7-. The third-order valence-electron chi connectivity index (χ3n) is 2.70. The van der Waals surface area contributed by atoms with Crippen molar-refractivity contribution in [2.75, 3.05) is 6.54 Å². The summed E-state index contributed by atoms with van der Waals surface area (Å²) >= 11 is 12.2. The van der Waals surface area contributed by atoms with Crippen molar-refractivity contribution in [1.29, 1.82) is 0 Å². The fraction of sp³-hybridized carbons (Fsp3) is 0.267. The number of halogens is 1. The van der Waals surface area contributed by atoms with Crippen molar-refractivity contribution in [2.45, 2.75) is 20.0 Å². The summed E-state index contributed by atoms with van der Waals surface area (Å²) in [6.45, 7) is 3.34. The van der Waals surface area contributed by atoms with E-state index >= 15 is 0 Å². The van der Waals surface area contributed by atoms with Gasteiger partial charge >= 0.3 is 5.97 Å². The highest BCUT2D eigenvalue weighted by atomic mass is 35.5. The predicted molar refractivity (Wildman–Crippen MR) is 92.6 cm³/mol. The van der Waals surface area contributed by atoms with Gasteiger partial charge in [0.25, 0.3) is 5.91 Å². The topological polar surface area (TPSA) is 46.6 Å². The largest absolute Gasteiger partial charge is 0.462 e. The molecule has 1 saturated heterocycles. The number of rotatable bonds is 4. The molecule has 0 aliphatic carbocycles. The van der Waals surface area contributed by atoms with Gasteiger partial charge in [-0.1, -0.05) is 47.7 Å². The molecule has 1 aromatic rings. The summed E-state index contributed by atoms with van der Waals surface area (Å²) in [6.07, 6.45) is 1.50. The summed E-state index contributed by atoms with van der Waals surface area (Å²) in [7, 11) is 0. The zero-order valence-corrected chi connectivity index (χ0v) is 14.4. The van der Waals surface area contributed by atoms with Crippen LogP contribution < -0.4 is 0 Å². The molecule has 0 N–H and O–H groups in total. The van der Waals surface area contributed by atoms with Gasteiger partial charge < -0.3 is 4.74 Å². The lowest BCUT2D eigenvalue weighted by Crippen LogP contribution is -2.35.